The smallest absolute Gasteiger partial charge is 0.136 e. The summed E-state index contributed by atoms with van der Waals surface area (Å²) in [5.41, 5.74) is 9.32. The van der Waals surface area contributed by atoms with Crippen LogP contribution < -0.4 is 10.5 Å². The molecule has 2 aromatic carbocycles. The zero-order valence-corrected chi connectivity index (χ0v) is 12.8. The fourth-order valence-corrected chi connectivity index (χ4v) is 2.38. The zero-order chi connectivity index (χ0) is 13.8. The maximum atomic E-state index is 6.07. The minimum absolute atomic E-state index is 0.127. The molecule has 0 heterocycles. The van der Waals surface area contributed by atoms with Crippen LogP contribution in [0, 0.1) is 13.8 Å². The number of aryl methyl sites for hydroxylation is 1. The summed E-state index contributed by atoms with van der Waals surface area (Å²) >= 11 is 3.47. The number of nitrogens with two attached hydrogens (primary N) is 1. The van der Waals surface area contributed by atoms with E-state index in [1.807, 2.05) is 36.4 Å². The Morgan fingerprint density at radius 1 is 1.16 bits per heavy atom. The summed E-state index contributed by atoms with van der Waals surface area (Å²) in [5, 5.41) is 0. The summed E-state index contributed by atoms with van der Waals surface area (Å²) < 4.78 is 7.11. The molecule has 0 aliphatic heterocycles. The van der Waals surface area contributed by atoms with Crippen LogP contribution in [-0.2, 0) is 0 Å². The first-order valence-electron chi connectivity index (χ1n) is 6.30. The Morgan fingerprint density at radius 3 is 2.58 bits per heavy atom. The van der Waals surface area contributed by atoms with Gasteiger partial charge in [0.25, 0.3) is 0 Å². The molecule has 100 valence electrons. The van der Waals surface area contributed by atoms with Crippen LogP contribution in [-0.4, -0.2) is 6.54 Å². The monoisotopic (exact) mass is 319 g/mol. The van der Waals surface area contributed by atoms with Gasteiger partial charge in [-0.25, -0.2) is 0 Å². The average Bonchev–Trinajstić information content (AvgIpc) is 2.40. The molecule has 0 radical (unpaired) electrons. The second-order valence-corrected chi connectivity index (χ2v) is 5.51. The third-order valence-electron chi connectivity index (χ3n) is 3.26. The van der Waals surface area contributed by atoms with Crippen molar-refractivity contribution in [2.75, 3.05) is 6.54 Å². The summed E-state index contributed by atoms with van der Waals surface area (Å²) in [6, 6.07) is 14.1. The van der Waals surface area contributed by atoms with Gasteiger partial charge in [0.2, 0.25) is 0 Å². The van der Waals surface area contributed by atoms with Crippen molar-refractivity contribution in [3.05, 3.63) is 63.6 Å². The molecule has 0 saturated heterocycles. The molecule has 0 aliphatic rings. The molecule has 1 atom stereocenters. The lowest BCUT2D eigenvalue weighted by molar-refractivity contribution is 0.212. The first-order chi connectivity index (χ1) is 9.11. The maximum absolute atomic E-state index is 6.07. The van der Waals surface area contributed by atoms with Crippen molar-refractivity contribution in [1.29, 1.82) is 0 Å². The fraction of sp³-hybridized carbons (Fsp3) is 0.250. The maximum Gasteiger partial charge on any atom is 0.136 e. The van der Waals surface area contributed by atoms with Crippen LogP contribution in [0.3, 0.4) is 0 Å². The average molecular weight is 320 g/mol. The van der Waals surface area contributed by atoms with Gasteiger partial charge in [-0.05, 0) is 48.7 Å². The van der Waals surface area contributed by atoms with E-state index < -0.39 is 0 Å². The molecule has 2 N–H and O–H groups in total. The van der Waals surface area contributed by atoms with E-state index in [-0.39, 0.29) is 6.10 Å². The molecule has 1 unspecified atom stereocenters. The lowest BCUT2D eigenvalue weighted by Gasteiger charge is -2.20. The zero-order valence-electron chi connectivity index (χ0n) is 11.2. The quantitative estimate of drug-likeness (QED) is 0.919. The van der Waals surface area contributed by atoms with Crippen LogP contribution in [0.15, 0.2) is 46.9 Å². The van der Waals surface area contributed by atoms with Gasteiger partial charge in [-0.2, -0.15) is 0 Å². The molecule has 0 saturated carbocycles. The van der Waals surface area contributed by atoms with Crippen LogP contribution in [0.4, 0.5) is 0 Å². The Balaban J connectivity index is 2.26. The number of rotatable bonds is 4. The number of hydrogen-bond acceptors (Lipinski definition) is 2. The van der Waals surface area contributed by atoms with Crippen molar-refractivity contribution in [3.8, 4) is 5.75 Å². The van der Waals surface area contributed by atoms with Crippen molar-refractivity contribution in [3.63, 3.8) is 0 Å². The Hall–Kier alpha value is -1.32. The third kappa shape index (κ3) is 3.37. The molecule has 3 heteroatoms. The molecule has 0 bridgehead atoms. The van der Waals surface area contributed by atoms with Gasteiger partial charge < -0.3 is 10.5 Å². The molecule has 2 rings (SSSR count). The summed E-state index contributed by atoms with van der Waals surface area (Å²) in [4.78, 5) is 0. The van der Waals surface area contributed by atoms with Gasteiger partial charge in [0.05, 0.1) is 0 Å². The van der Waals surface area contributed by atoms with Crippen LogP contribution in [0.1, 0.15) is 22.8 Å². The molecule has 0 fully saturated rings. The summed E-state index contributed by atoms with van der Waals surface area (Å²) in [6.07, 6.45) is -0.127. The minimum Gasteiger partial charge on any atom is -0.484 e. The molecule has 19 heavy (non-hydrogen) atoms. The highest BCUT2D eigenvalue weighted by atomic mass is 79.9. The number of benzene rings is 2. The van der Waals surface area contributed by atoms with Crippen molar-refractivity contribution in [1.82, 2.24) is 0 Å². The van der Waals surface area contributed by atoms with Gasteiger partial charge in [0.1, 0.15) is 11.9 Å². The number of halogens is 1. The number of ether oxygens (including phenoxy) is 1. The Bertz CT molecular complexity index is 568. The predicted octanol–water partition coefficient (Wildman–Crippen LogP) is 4.14. The normalized spacial score (nSPS) is 12.2. The van der Waals surface area contributed by atoms with Gasteiger partial charge >= 0.3 is 0 Å². The van der Waals surface area contributed by atoms with Crippen molar-refractivity contribution in [2.24, 2.45) is 5.73 Å². The van der Waals surface area contributed by atoms with Gasteiger partial charge in [0.15, 0.2) is 0 Å². The first kappa shape index (κ1) is 14.1. The topological polar surface area (TPSA) is 35.2 Å². The highest BCUT2D eigenvalue weighted by Gasteiger charge is 2.13. The third-order valence-corrected chi connectivity index (χ3v) is 3.75. The minimum atomic E-state index is -0.127. The molecule has 0 spiro atoms. The highest BCUT2D eigenvalue weighted by molar-refractivity contribution is 9.10. The molecule has 0 aromatic heterocycles. The van der Waals surface area contributed by atoms with Crippen molar-refractivity contribution in [2.45, 2.75) is 20.0 Å². The van der Waals surface area contributed by atoms with Crippen LogP contribution in [0.2, 0.25) is 0 Å². The Labute approximate surface area is 122 Å². The summed E-state index contributed by atoms with van der Waals surface area (Å²) in [6.45, 7) is 4.60. The Morgan fingerprint density at radius 2 is 1.89 bits per heavy atom. The van der Waals surface area contributed by atoms with E-state index in [0.717, 1.165) is 21.3 Å². The van der Waals surface area contributed by atoms with E-state index in [0.29, 0.717) is 6.54 Å². The van der Waals surface area contributed by atoms with E-state index >= 15 is 0 Å². The lowest BCUT2D eigenvalue weighted by atomic mass is 10.1. The van der Waals surface area contributed by atoms with Crippen LogP contribution in [0.25, 0.3) is 0 Å². The van der Waals surface area contributed by atoms with E-state index in [2.05, 4.69) is 35.8 Å². The van der Waals surface area contributed by atoms with Crippen molar-refractivity contribution < 1.29 is 4.74 Å². The Kier molecular flexibility index (Phi) is 4.61. The molecular formula is C16H18BrNO. The summed E-state index contributed by atoms with van der Waals surface area (Å²) in [5.74, 6) is 0.899. The van der Waals surface area contributed by atoms with E-state index in [9.17, 15) is 0 Å². The predicted molar refractivity (Wildman–Crippen MR) is 82.5 cm³/mol. The molecular weight excluding hydrogens is 302 g/mol. The standard InChI is InChI=1S/C16H18BrNO/c1-11-5-3-8-15(12(11)2)19-16(10-18)13-6-4-7-14(17)9-13/h3-9,16H,10,18H2,1-2H3. The van der Waals surface area contributed by atoms with E-state index in [1.165, 1.54) is 5.56 Å². The fourth-order valence-electron chi connectivity index (χ4n) is 1.96. The first-order valence-corrected chi connectivity index (χ1v) is 7.09. The lowest BCUT2D eigenvalue weighted by Crippen LogP contribution is -2.18. The molecule has 2 aromatic rings. The second kappa shape index (κ2) is 6.22. The van der Waals surface area contributed by atoms with Gasteiger partial charge in [-0.1, -0.05) is 40.2 Å². The largest absolute Gasteiger partial charge is 0.484 e. The van der Waals surface area contributed by atoms with E-state index in [1.54, 1.807) is 0 Å². The van der Waals surface area contributed by atoms with Gasteiger partial charge in [-0.15, -0.1) is 0 Å². The van der Waals surface area contributed by atoms with Gasteiger partial charge in [-0.3, -0.25) is 0 Å². The SMILES string of the molecule is Cc1cccc(OC(CN)c2cccc(Br)c2)c1C. The van der Waals surface area contributed by atoms with Crippen molar-refractivity contribution >= 4 is 15.9 Å². The molecule has 0 aliphatic carbocycles. The number of hydrogen-bond donors (Lipinski definition) is 1. The second-order valence-electron chi connectivity index (χ2n) is 4.60. The van der Waals surface area contributed by atoms with Crippen LogP contribution in [0.5, 0.6) is 5.75 Å². The molecule has 2 nitrogen and oxygen atoms in total. The van der Waals surface area contributed by atoms with Crippen LogP contribution >= 0.6 is 15.9 Å². The summed E-state index contributed by atoms with van der Waals surface area (Å²) in [7, 11) is 0. The van der Waals surface area contributed by atoms with E-state index in [4.69, 9.17) is 10.5 Å². The van der Waals surface area contributed by atoms with Gasteiger partial charge in [0, 0.05) is 11.0 Å². The molecule has 0 amide bonds. The highest BCUT2D eigenvalue weighted by Crippen LogP contribution is 2.27.